The van der Waals surface area contributed by atoms with E-state index in [0.29, 0.717) is 12.2 Å². The molecule has 0 fully saturated rings. The number of carbonyl (C=O) groups excluding carboxylic acids is 1. The van der Waals surface area contributed by atoms with Crippen LogP contribution in [0.1, 0.15) is 17.3 Å². The smallest absolute Gasteiger partial charge is 0.340 e. The Hall–Kier alpha value is 0.310. The minimum Gasteiger partial charge on any atom is -0.462 e. The normalized spacial score (nSPS) is 9.56. The molecule has 0 aliphatic rings. The summed E-state index contributed by atoms with van der Waals surface area (Å²) in [6, 6.07) is 0. The lowest BCUT2D eigenvalue weighted by Gasteiger charge is -1.97. The van der Waals surface area contributed by atoms with E-state index < -0.39 is 0 Å². The van der Waals surface area contributed by atoms with Crippen molar-refractivity contribution in [2.45, 2.75) is 6.92 Å². The van der Waals surface area contributed by atoms with Gasteiger partial charge in [-0.15, -0.1) is 0 Å². The number of thiophene rings is 2. The first kappa shape index (κ1) is 16.4. The maximum Gasteiger partial charge on any atom is 0.340 e. The van der Waals surface area contributed by atoms with Crippen molar-refractivity contribution in [1.82, 2.24) is 0 Å². The van der Waals surface area contributed by atoms with Gasteiger partial charge in [0.2, 0.25) is 0 Å². The SMILES string of the molecule is Brc1cscc1Br.CCOC(=O)c1cscc1Br. The first-order valence-electron chi connectivity index (χ1n) is 4.82. The fourth-order valence-electron chi connectivity index (χ4n) is 0.902. The van der Waals surface area contributed by atoms with Gasteiger partial charge in [0.25, 0.3) is 0 Å². The van der Waals surface area contributed by atoms with Gasteiger partial charge in [-0.2, -0.15) is 22.7 Å². The Morgan fingerprint density at radius 2 is 1.56 bits per heavy atom. The number of carbonyl (C=O) groups is 1. The third-order valence-electron chi connectivity index (χ3n) is 1.68. The van der Waals surface area contributed by atoms with E-state index in [2.05, 4.69) is 47.8 Å². The van der Waals surface area contributed by atoms with E-state index in [4.69, 9.17) is 4.74 Å². The van der Waals surface area contributed by atoms with Gasteiger partial charge in [0.1, 0.15) is 0 Å². The van der Waals surface area contributed by atoms with E-state index in [9.17, 15) is 4.79 Å². The first-order chi connectivity index (χ1) is 8.56. The van der Waals surface area contributed by atoms with Crippen LogP contribution in [0.2, 0.25) is 0 Å². The van der Waals surface area contributed by atoms with Crippen LogP contribution in [0.15, 0.2) is 34.9 Å². The Labute approximate surface area is 139 Å². The van der Waals surface area contributed by atoms with E-state index in [1.54, 1.807) is 23.6 Å². The van der Waals surface area contributed by atoms with Crippen molar-refractivity contribution in [2.24, 2.45) is 0 Å². The molecule has 0 N–H and O–H groups in total. The van der Waals surface area contributed by atoms with Gasteiger partial charge in [-0.25, -0.2) is 4.79 Å². The van der Waals surface area contributed by atoms with E-state index in [0.717, 1.165) is 13.4 Å². The minimum atomic E-state index is -0.263. The molecular formula is C11H9Br3O2S2. The fraction of sp³-hybridized carbons (Fsp3) is 0.182. The highest BCUT2D eigenvalue weighted by molar-refractivity contribution is 9.13. The maximum atomic E-state index is 11.1. The molecule has 0 saturated carbocycles. The van der Waals surface area contributed by atoms with Crippen LogP contribution in [-0.2, 0) is 4.74 Å². The molecule has 0 spiro atoms. The molecule has 0 unspecified atom stereocenters. The summed E-state index contributed by atoms with van der Waals surface area (Å²) < 4.78 is 7.88. The zero-order chi connectivity index (χ0) is 13.5. The quantitative estimate of drug-likeness (QED) is 0.500. The molecule has 0 atom stereocenters. The summed E-state index contributed by atoms with van der Waals surface area (Å²) in [4.78, 5) is 11.1. The largest absolute Gasteiger partial charge is 0.462 e. The summed E-state index contributed by atoms with van der Waals surface area (Å²) in [5, 5.41) is 7.68. The lowest BCUT2D eigenvalue weighted by atomic mass is 10.3. The van der Waals surface area contributed by atoms with Crippen LogP contribution < -0.4 is 0 Å². The summed E-state index contributed by atoms with van der Waals surface area (Å²) in [6.07, 6.45) is 0. The third-order valence-corrected chi connectivity index (χ3v) is 6.58. The molecule has 0 aromatic carbocycles. The van der Waals surface area contributed by atoms with Gasteiger partial charge in [-0.3, -0.25) is 0 Å². The zero-order valence-electron chi connectivity index (χ0n) is 9.28. The summed E-state index contributed by atoms with van der Waals surface area (Å²) >= 11 is 13.0. The molecule has 0 bridgehead atoms. The number of rotatable bonds is 2. The molecule has 2 aromatic rings. The van der Waals surface area contributed by atoms with Gasteiger partial charge in [-0.05, 0) is 54.7 Å². The predicted molar refractivity (Wildman–Crippen MR) is 87.7 cm³/mol. The summed E-state index contributed by atoms with van der Waals surface area (Å²) in [5.74, 6) is -0.263. The van der Waals surface area contributed by atoms with Crippen molar-refractivity contribution >= 4 is 76.4 Å². The summed E-state index contributed by atoms with van der Waals surface area (Å²) in [7, 11) is 0. The zero-order valence-corrected chi connectivity index (χ0v) is 15.7. The topological polar surface area (TPSA) is 26.3 Å². The Bertz CT molecular complexity index is 491. The Morgan fingerprint density at radius 1 is 1.06 bits per heavy atom. The second-order valence-electron chi connectivity index (χ2n) is 2.92. The molecule has 0 radical (unpaired) electrons. The van der Waals surface area contributed by atoms with Crippen LogP contribution in [0.5, 0.6) is 0 Å². The molecule has 0 aliphatic carbocycles. The third kappa shape index (κ3) is 5.13. The number of esters is 1. The van der Waals surface area contributed by atoms with Gasteiger partial charge in [0, 0.05) is 34.9 Å². The van der Waals surface area contributed by atoms with Crippen LogP contribution in [0, 0.1) is 0 Å². The number of halogens is 3. The number of ether oxygens (including phenoxy) is 1. The second-order valence-corrected chi connectivity index (χ2v) is 6.97. The van der Waals surface area contributed by atoms with Crippen molar-refractivity contribution < 1.29 is 9.53 Å². The van der Waals surface area contributed by atoms with Crippen LogP contribution >= 0.6 is 70.5 Å². The van der Waals surface area contributed by atoms with E-state index in [-0.39, 0.29) is 5.97 Å². The number of hydrogen-bond acceptors (Lipinski definition) is 4. The molecule has 98 valence electrons. The monoisotopic (exact) mass is 474 g/mol. The van der Waals surface area contributed by atoms with Crippen LogP contribution in [0.25, 0.3) is 0 Å². The Morgan fingerprint density at radius 3 is 1.89 bits per heavy atom. The van der Waals surface area contributed by atoms with Crippen molar-refractivity contribution in [3.8, 4) is 0 Å². The summed E-state index contributed by atoms with van der Waals surface area (Å²) in [6.45, 7) is 2.21. The molecule has 2 heterocycles. The average Bonchev–Trinajstić information content (AvgIpc) is 2.90. The van der Waals surface area contributed by atoms with Crippen molar-refractivity contribution in [1.29, 1.82) is 0 Å². The molecule has 18 heavy (non-hydrogen) atoms. The van der Waals surface area contributed by atoms with Gasteiger partial charge in [0.05, 0.1) is 12.2 Å². The van der Waals surface area contributed by atoms with Crippen LogP contribution in [0.4, 0.5) is 0 Å². The lowest BCUT2D eigenvalue weighted by Crippen LogP contribution is -2.03. The fourth-order valence-corrected chi connectivity index (χ4v) is 4.07. The lowest BCUT2D eigenvalue weighted by molar-refractivity contribution is 0.0526. The second kappa shape index (κ2) is 8.47. The standard InChI is InChI=1S/C7H7BrO2S.C4H2Br2S/c1-2-10-7(9)5-3-11-4-6(5)8;5-3-1-7-2-4(3)6/h3-4H,2H2,1H3;1-2H. The van der Waals surface area contributed by atoms with Crippen LogP contribution in [-0.4, -0.2) is 12.6 Å². The van der Waals surface area contributed by atoms with E-state index in [1.807, 2.05) is 16.1 Å². The molecule has 2 aromatic heterocycles. The molecule has 0 saturated heterocycles. The van der Waals surface area contributed by atoms with E-state index in [1.165, 1.54) is 11.3 Å². The minimum absolute atomic E-state index is 0.263. The van der Waals surface area contributed by atoms with Crippen molar-refractivity contribution in [3.63, 3.8) is 0 Å². The molecular weight excluding hydrogens is 468 g/mol. The van der Waals surface area contributed by atoms with Crippen molar-refractivity contribution in [3.05, 3.63) is 40.5 Å². The predicted octanol–water partition coefficient (Wildman–Crippen LogP) is 5.96. The maximum absolute atomic E-state index is 11.1. The number of hydrogen-bond donors (Lipinski definition) is 0. The highest BCUT2D eigenvalue weighted by Crippen LogP contribution is 2.26. The highest BCUT2D eigenvalue weighted by atomic mass is 79.9. The molecule has 7 heteroatoms. The molecule has 2 rings (SSSR count). The van der Waals surface area contributed by atoms with Gasteiger partial charge < -0.3 is 4.74 Å². The first-order valence-corrected chi connectivity index (χ1v) is 9.08. The van der Waals surface area contributed by atoms with E-state index >= 15 is 0 Å². The molecule has 2 nitrogen and oxygen atoms in total. The van der Waals surface area contributed by atoms with Crippen LogP contribution in [0.3, 0.4) is 0 Å². The van der Waals surface area contributed by atoms with Crippen molar-refractivity contribution in [2.75, 3.05) is 6.61 Å². The molecule has 0 aliphatic heterocycles. The van der Waals surface area contributed by atoms with Gasteiger partial charge in [0.15, 0.2) is 0 Å². The Kier molecular flexibility index (Phi) is 7.70. The summed E-state index contributed by atoms with van der Waals surface area (Å²) in [5.41, 5.74) is 0.608. The molecule has 0 amide bonds. The van der Waals surface area contributed by atoms with Gasteiger partial charge >= 0.3 is 5.97 Å². The highest BCUT2D eigenvalue weighted by Gasteiger charge is 2.10. The van der Waals surface area contributed by atoms with Gasteiger partial charge in [-0.1, -0.05) is 0 Å². The Balaban J connectivity index is 0.000000199. The average molecular weight is 477 g/mol.